The number of anilines is 1. The molecule has 0 aliphatic carbocycles. The van der Waals surface area contributed by atoms with E-state index in [4.69, 9.17) is 23.8 Å². The van der Waals surface area contributed by atoms with Gasteiger partial charge >= 0.3 is 0 Å². The summed E-state index contributed by atoms with van der Waals surface area (Å²) in [4.78, 5) is 1.24. The molecule has 2 N–H and O–H groups in total. The summed E-state index contributed by atoms with van der Waals surface area (Å²) in [6, 6.07) is 14.2. The van der Waals surface area contributed by atoms with Gasteiger partial charge in [-0.2, -0.15) is 0 Å². The second-order valence-electron chi connectivity index (χ2n) is 5.97. The summed E-state index contributed by atoms with van der Waals surface area (Å²) in [7, 11) is 0. The lowest BCUT2D eigenvalue weighted by molar-refractivity contribution is 0.637. The van der Waals surface area contributed by atoms with Crippen molar-refractivity contribution >= 4 is 46.4 Å². The van der Waals surface area contributed by atoms with Crippen LogP contribution in [-0.4, -0.2) is 17.4 Å². The van der Waals surface area contributed by atoms with Crippen molar-refractivity contribution in [3.8, 4) is 0 Å². The van der Waals surface area contributed by atoms with Crippen molar-refractivity contribution in [1.29, 1.82) is 0 Å². The van der Waals surface area contributed by atoms with Gasteiger partial charge in [0.2, 0.25) is 0 Å². The Morgan fingerprint density at radius 3 is 2.38 bits per heavy atom. The minimum Gasteiger partial charge on any atom is -0.362 e. The zero-order chi connectivity index (χ0) is 17.5. The molecule has 24 heavy (non-hydrogen) atoms. The van der Waals surface area contributed by atoms with Crippen LogP contribution in [0, 0.1) is 19.8 Å². The molecule has 0 amide bonds. The summed E-state index contributed by atoms with van der Waals surface area (Å²) in [5.41, 5.74) is 3.49. The number of halogens is 1. The zero-order valence-corrected chi connectivity index (χ0v) is 16.6. The lowest BCUT2D eigenvalue weighted by Crippen LogP contribution is -2.33. The molecule has 2 rings (SSSR count). The summed E-state index contributed by atoms with van der Waals surface area (Å²) >= 11 is 13.2. The van der Waals surface area contributed by atoms with Crippen molar-refractivity contribution in [2.45, 2.75) is 25.7 Å². The molecular weight excluding hydrogens is 356 g/mol. The summed E-state index contributed by atoms with van der Waals surface area (Å²) in [5, 5.41) is 8.08. The molecule has 0 fully saturated rings. The predicted molar refractivity (Wildman–Crippen MR) is 111 cm³/mol. The molecule has 0 saturated heterocycles. The molecule has 2 nitrogen and oxygen atoms in total. The first-order valence-electron chi connectivity index (χ1n) is 7.95. The first-order valence-corrected chi connectivity index (χ1v) is 9.72. The minimum absolute atomic E-state index is 0.503. The van der Waals surface area contributed by atoms with Crippen molar-refractivity contribution in [3.05, 3.63) is 58.6 Å². The topological polar surface area (TPSA) is 24.1 Å². The van der Waals surface area contributed by atoms with E-state index in [2.05, 4.69) is 61.7 Å². The molecule has 2 aromatic carbocycles. The highest BCUT2D eigenvalue weighted by Gasteiger charge is 2.07. The van der Waals surface area contributed by atoms with Crippen LogP contribution < -0.4 is 10.6 Å². The lowest BCUT2D eigenvalue weighted by Gasteiger charge is -2.17. The number of thioether (sulfide) groups is 1. The Balaban J connectivity index is 1.76. The van der Waals surface area contributed by atoms with Crippen LogP contribution in [0.3, 0.4) is 0 Å². The average molecular weight is 379 g/mol. The monoisotopic (exact) mass is 378 g/mol. The van der Waals surface area contributed by atoms with E-state index in [0.29, 0.717) is 11.0 Å². The van der Waals surface area contributed by atoms with Crippen molar-refractivity contribution in [2.24, 2.45) is 5.92 Å². The van der Waals surface area contributed by atoms with Gasteiger partial charge in [0.15, 0.2) is 5.11 Å². The highest BCUT2D eigenvalue weighted by molar-refractivity contribution is 7.99. The molecule has 0 unspecified atom stereocenters. The summed E-state index contributed by atoms with van der Waals surface area (Å²) in [6.07, 6.45) is 0. The predicted octanol–water partition coefficient (Wildman–Crippen LogP) is 5.67. The molecule has 1 atom stereocenters. The van der Waals surface area contributed by atoms with Gasteiger partial charge in [0.25, 0.3) is 0 Å². The molecule has 0 aliphatic rings. The third-order valence-electron chi connectivity index (χ3n) is 3.68. The van der Waals surface area contributed by atoms with E-state index in [9.17, 15) is 0 Å². The maximum atomic E-state index is 5.91. The Morgan fingerprint density at radius 2 is 1.75 bits per heavy atom. The molecule has 0 bridgehead atoms. The van der Waals surface area contributed by atoms with Crippen molar-refractivity contribution < 1.29 is 0 Å². The standard InChI is InChI=1S/C19H23ClN2S2/c1-13(12-24-17-9-7-16(20)8-10-17)11-21-19(23)22-18-14(2)5-4-6-15(18)3/h4-10,13H,11-12H2,1-3H3,(H2,21,22,23)/t13-/m1/s1. The van der Waals surface area contributed by atoms with Gasteiger partial charge in [-0.1, -0.05) is 36.7 Å². The van der Waals surface area contributed by atoms with Gasteiger partial charge in [0.05, 0.1) is 0 Å². The number of hydrogen-bond donors (Lipinski definition) is 2. The highest BCUT2D eigenvalue weighted by Crippen LogP contribution is 2.22. The fourth-order valence-electron chi connectivity index (χ4n) is 2.26. The van der Waals surface area contributed by atoms with Crippen LogP contribution in [0.25, 0.3) is 0 Å². The fraction of sp³-hybridized carbons (Fsp3) is 0.316. The van der Waals surface area contributed by atoms with Crippen molar-refractivity contribution in [3.63, 3.8) is 0 Å². The van der Waals surface area contributed by atoms with Crippen LogP contribution >= 0.6 is 35.6 Å². The number of benzene rings is 2. The molecular formula is C19H23ClN2S2. The third-order valence-corrected chi connectivity index (χ3v) is 5.52. The van der Waals surface area contributed by atoms with Crippen LogP contribution in [0.15, 0.2) is 47.4 Å². The van der Waals surface area contributed by atoms with Gasteiger partial charge in [-0.3, -0.25) is 0 Å². The first kappa shape index (κ1) is 19.1. The minimum atomic E-state index is 0.503. The van der Waals surface area contributed by atoms with Crippen LogP contribution in [0.4, 0.5) is 5.69 Å². The van der Waals surface area contributed by atoms with E-state index in [1.54, 1.807) is 0 Å². The largest absolute Gasteiger partial charge is 0.362 e. The Bertz CT molecular complexity index is 666. The molecule has 5 heteroatoms. The van der Waals surface area contributed by atoms with Gasteiger partial charge in [-0.05, 0) is 67.4 Å². The first-order chi connectivity index (χ1) is 11.5. The molecule has 2 aromatic rings. The average Bonchev–Trinajstić information content (AvgIpc) is 2.56. The fourth-order valence-corrected chi connectivity index (χ4v) is 3.50. The Hall–Kier alpha value is -1.23. The number of aryl methyl sites for hydroxylation is 2. The van der Waals surface area contributed by atoms with Crippen LogP contribution in [0.2, 0.25) is 5.02 Å². The molecule has 0 spiro atoms. The van der Waals surface area contributed by atoms with Crippen LogP contribution in [-0.2, 0) is 0 Å². The number of nitrogens with one attached hydrogen (secondary N) is 2. The molecule has 0 saturated carbocycles. The van der Waals surface area contributed by atoms with E-state index in [-0.39, 0.29) is 0 Å². The smallest absolute Gasteiger partial charge is 0.170 e. The summed E-state index contributed by atoms with van der Waals surface area (Å²) in [5.74, 6) is 1.53. The number of para-hydroxylation sites is 1. The number of hydrogen-bond acceptors (Lipinski definition) is 2. The van der Waals surface area contributed by atoms with E-state index in [1.807, 2.05) is 23.9 Å². The second-order valence-corrected chi connectivity index (χ2v) is 7.91. The molecule has 0 heterocycles. The number of rotatable bonds is 6. The van der Waals surface area contributed by atoms with E-state index < -0.39 is 0 Å². The quantitative estimate of drug-likeness (QED) is 0.499. The third kappa shape index (κ3) is 6.00. The zero-order valence-electron chi connectivity index (χ0n) is 14.2. The van der Waals surface area contributed by atoms with Gasteiger partial charge in [-0.25, -0.2) is 0 Å². The molecule has 0 aromatic heterocycles. The van der Waals surface area contributed by atoms with Gasteiger partial charge in [0.1, 0.15) is 0 Å². The molecule has 128 valence electrons. The maximum absolute atomic E-state index is 5.91. The summed E-state index contributed by atoms with van der Waals surface area (Å²) in [6.45, 7) is 7.24. The van der Waals surface area contributed by atoms with Crippen molar-refractivity contribution in [1.82, 2.24) is 5.32 Å². The van der Waals surface area contributed by atoms with Gasteiger partial charge < -0.3 is 10.6 Å². The normalized spacial score (nSPS) is 11.8. The van der Waals surface area contributed by atoms with E-state index in [1.165, 1.54) is 16.0 Å². The Labute approximate surface area is 159 Å². The van der Waals surface area contributed by atoms with Gasteiger partial charge in [-0.15, -0.1) is 11.8 Å². The maximum Gasteiger partial charge on any atom is 0.170 e. The molecule has 0 aliphatic heterocycles. The van der Waals surface area contributed by atoms with Crippen LogP contribution in [0.1, 0.15) is 18.1 Å². The van der Waals surface area contributed by atoms with Crippen molar-refractivity contribution in [2.75, 3.05) is 17.6 Å². The van der Waals surface area contributed by atoms with E-state index >= 15 is 0 Å². The lowest BCUT2D eigenvalue weighted by atomic mass is 10.1. The summed E-state index contributed by atoms with van der Waals surface area (Å²) < 4.78 is 0. The van der Waals surface area contributed by atoms with Gasteiger partial charge in [0, 0.05) is 27.9 Å². The Morgan fingerprint density at radius 1 is 1.12 bits per heavy atom. The Kier molecular flexibility index (Phi) is 7.40. The van der Waals surface area contributed by atoms with Crippen LogP contribution in [0.5, 0.6) is 0 Å². The van der Waals surface area contributed by atoms with E-state index in [0.717, 1.165) is 23.0 Å². The SMILES string of the molecule is Cc1cccc(C)c1NC(=S)NC[C@@H](C)CSc1ccc(Cl)cc1. The molecule has 0 radical (unpaired) electrons. The second kappa shape index (κ2) is 9.30. The number of thiocarbonyl (C=S) groups is 1. The highest BCUT2D eigenvalue weighted by atomic mass is 35.5.